The molecule has 5 nitrogen and oxygen atoms in total. The highest BCUT2D eigenvalue weighted by Gasteiger charge is 2.39. The Morgan fingerprint density at radius 3 is 2.69 bits per heavy atom. The van der Waals surface area contributed by atoms with Crippen molar-refractivity contribution in [2.45, 2.75) is 83.7 Å². The van der Waals surface area contributed by atoms with E-state index in [1.54, 1.807) is 0 Å². The first-order valence-electron chi connectivity index (χ1n) is 13.9. The summed E-state index contributed by atoms with van der Waals surface area (Å²) in [6, 6.07) is 10.4. The van der Waals surface area contributed by atoms with Crippen LogP contribution in [0.5, 0.6) is 0 Å². The Bertz CT molecular complexity index is 1130. The summed E-state index contributed by atoms with van der Waals surface area (Å²) in [5, 5.41) is 3.20. The zero-order valence-electron chi connectivity index (χ0n) is 21.7. The fourth-order valence-corrected chi connectivity index (χ4v) is 6.23. The van der Waals surface area contributed by atoms with Gasteiger partial charge in [0, 0.05) is 30.4 Å². The molecule has 0 bridgehead atoms. The molecule has 1 N–H and O–H groups in total. The number of hydrogen-bond acceptors (Lipinski definition) is 3. The fourth-order valence-electron chi connectivity index (χ4n) is 6.23. The maximum absolute atomic E-state index is 14.1. The number of nitrogens with zero attached hydrogens (tertiary/aromatic N) is 2. The van der Waals surface area contributed by atoms with Crippen molar-refractivity contribution >= 4 is 17.4 Å². The molecule has 0 radical (unpaired) electrons. The van der Waals surface area contributed by atoms with Gasteiger partial charge in [-0.05, 0) is 72.8 Å². The lowest BCUT2D eigenvalue weighted by Gasteiger charge is -2.35. The van der Waals surface area contributed by atoms with Crippen LogP contribution in [0.4, 0.5) is 0 Å². The minimum absolute atomic E-state index is 0.00710. The minimum Gasteiger partial charge on any atom is -0.344 e. The van der Waals surface area contributed by atoms with Crippen LogP contribution in [0.2, 0.25) is 0 Å². The summed E-state index contributed by atoms with van der Waals surface area (Å²) >= 11 is 0. The summed E-state index contributed by atoms with van der Waals surface area (Å²) in [5.74, 6) is 0.247. The quantitative estimate of drug-likeness (QED) is 0.536. The van der Waals surface area contributed by atoms with E-state index in [9.17, 15) is 9.59 Å². The summed E-state index contributed by atoms with van der Waals surface area (Å²) in [6.45, 7) is 4.71. The van der Waals surface area contributed by atoms with Crippen LogP contribution in [-0.4, -0.2) is 34.3 Å². The number of fused-ring (bicyclic) bond motifs is 1. The molecule has 5 heteroatoms. The molecule has 2 aromatic rings. The van der Waals surface area contributed by atoms with Crippen molar-refractivity contribution < 1.29 is 9.59 Å². The highest BCUT2D eigenvalue weighted by Crippen LogP contribution is 2.37. The van der Waals surface area contributed by atoms with Crippen molar-refractivity contribution in [3.63, 3.8) is 0 Å². The van der Waals surface area contributed by atoms with E-state index in [-0.39, 0.29) is 29.7 Å². The molecule has 1 aliphatic heterocycles. The third kappa shape index (κ3) is 4.98. The van der Waals surface area contributed by atoms with Gasteiger partial charge in [-0.25, -0.2) is 0 Å². The molecule has 1 saturated heterocycles. The average molecular weight is 486 g/mol. The van der Waals surface area contributed by atoms with E-state index in [1.165, 1.54) is 23.1 Å². The number of likely N-dealkylation sites (tertiary alicyclic amines) is 1. The second-order valence-corrected chi connectivity index (χ2v) is 10.9. The summed E-state index contributed by atoms with van der Waals surface area (Å²) in [7, 11) is 0. The summed E-state index contributed by atoms with van der Waals surface area (Å²) in [4.78, 5) is 33.6. The van der Waals surface area contributed by atoms with Crippen LogP contribution in [0.25, 0.3) is 5.57 Å². The number of rotatable bonds is 7. The third-order valence-corrected chi connectivity index (χ3v) is 8.57. The van der Waals surface area contributed by atoms with Gasteiger partial charge < -0.3 is 10.2 Å². The Labute approximate surface area is 215 Å². The Balaban J connectivity index is 1.39. The summed E-state index contributed by atoms with van der Waals surface area (Å²) < 4.78 is 0. The van der Waals surface area contributed by atoms with Crippen LogP contribution in [0.15, 0.2) is 48.8 Å². The molecule has 2 aliphatic carbocycles. The smallest absolute Gasteiger partial charge is 0.245 e. The van der Waals surface area contributed by atoms with E-state index in [4.69, 9.17) is 0 Å². The Kier molecular flexibility index (Phi) is 7.54. The highest BCUT2D eigenvalue weighted by atomic mass is 16.2. The molecule has 1 aromatic carbocycles. The SMILES string of the molecule is CC[C@@H](C)C(=O)N[C@H](C(=O)N1CCC[C@H]1c1cncc(C2=CCc3ccccc32)c1)C1CCCCC1. The second kappa shape index (κ2) is 11.0. The summed E-state index contributed by atoms with van der Waals surface area (Å²) in [6.07, 6.45) is 15.3. The Morgan fingerprint density at radius 1 is 1.08 bits per heavy atom. The Morgan fingerprint density at radius 2 is 1.89 bits per heavy atom. The maximum Gasteiger partial charge on any atom is 0.245 e. The number of carbonyl (C=O) groups excluding carboxylic acids is 2. The largest absolute Gasteiger partial charge is 0.344 e. The van der Waals surface area contributed by atoms with Gasteiger partial charge in [-0.2, -0.15) is 0 Å². The van der Waals surface area contributed by atoms with Gasteiger partial charge in [0.05, 0.1) is 6.04 Å². The van der Waals surface area contributed by atoms with E-state index in [2.05, 4.69) is 46.7 Å². The van der Waals surface area contributed by atoms with Crippen molar-refractivity contribution in [3.8, 4) is 0 Å². The number of hydrogen-bond donors (Lipinski definition) is 1. The van der Waals surface area contributed by atoms with Gasteiger partial charge in [-0.15, -0.1) is 0 Å². The number of allylic oxidation sites excluding steroid dienone is 1. The topological polar surface area (TPSA) is 62.3 Å². The standard InChI is InChI=1S/C31H39N3O2/c1-3-21(2)30(35)33-29(23-11-5-4-6-12-23)31(36)34-17-9-14-28(34)25-18-24(19-32-20-25)27-16-15-22-10-7-8-13-26(22)27/h7-8,10,13,16,18-21,23,28-29H,3-6,9,11-12,14-15,17H2,1-2H3,(H,33,35)/t21-,28+,29+/m1/s1. The molecule has 2 heterocycles. The first-order valence-corrected chi connectivity index (χ1v) is 13.9. The van der Waals surface area contributed by atoms with Crippen LogP contribution in [-0.2, 0) is 16.0 Å². The van der Waals surface area contributed by atoms with Crippen LogP contribution < -0.4 is 5.32 Å². The third-order valence-electron chi connectivity index (χ3n) is 8.57. The molecule has 0 spiro atoms. The lowest BCUT2D eigenvalue weighted by molar-refractivity contribution is -0.140. The molecule has 0 unspecified atom stereocenters. The molecule has 1 saturated carbocycles. The van der Waals surface area contributed by atoms with Gasteiger partial charge in [0.1, 0.15) is 6.04 Å². The molecule has 5 rings (SSSR count). The van der Waals surface area contributed by atoms with E-state index in [1.807, 2.05) is 31.1 Å². The van der Waals surface area contributed by atoms with Gasteiger partial charge in [0.2, 0.25) is 11.8 Å². The number of pyridine rings is 1. The monoisotopic (exact) mass is 485 g/mol. The first kappa shape index (κ1) is 24.7. The van der Waals surface area contributed by atoms with Crippen molar-refractivity contribution in [2.75, 3.05) is 6.54 Å². The zero-order valence-corrected chi connectivity index (χ0v) is 21.7. The zero-order chi connectivity index (χ0) is 25.1. The van der Waals surface area contributed by atoms with Crippen molar-refractivity contribution in [2.24, 2.45) is 11.8 Å². The number of carbonyl (C=O) groups is 2. The van der Waals surface area contributed by atoms with Gasteiger partial charge >= 0.3 is 0 Å². The molecule has 36 heavy (non-hydrogen) atoms. The second-order valence-electron chi connectivity index (χ2n) is 10.9. The van der Waals surface area contributed by atoms with E-state index < -0.39 is 6.04 Å². The van der Waals surface area contributed by atoms with Crippen LogP contribution >= 0.6 is 0 Å². The van der Waals surface area contributed by atoms with Gasteiger partial charge in [-0.3, -0.25) is 14.6 Å². The minimum atomic E-state index is -0.423. The maximum atomic E-state index is 14.1. The lowest BCUT2D eigenvalue weighted by Crippen LogP contribution is -2.53. The molecule has 3 atom stereocenters. The normalized spacial score (nSPS) is 21.6. The number of benzene rings is 1. The summed E-state index contributed by atoms with van der Waals surface area (Å²) in [5.41, 5.74) is 6.07. The number of nitrogens with one attached hydrogen (secondary N) is 1. The first-order chi connectivity index (χ1) is 17.6. The predicted molar refractivity (Wildman–Crippen MR) is 143 cm³/mol. The van der Waals surface area contributed by atoms with Crippen LogP contribution in [0, 0.1) is 11.8 Å². The molecule has 3 aliphatic rings. The van der Waals surface area contributed by atoms with E-state index >= 15 is 0 Å². The highest BCUT2D eigenvalue weighted by molar-refractivity contribution is 5.89. The van der Waals surface area contributed by atoms with Crippen molar-refractivity contribution in [1.29, 1.82) is 0 Å². The molecule has 1 aromatic heterocycles. The number of amides is 2. The molecule has 190 valence electrons. The van der Waals surface area contributed by atoms with Crippen molar-refractivity contribution in [3.05, 3.63) is 71.1 Å². The molecular formula is C31H39N3O2. The average Bonchev–Trinajstić information content (AvgIpc) is 3.59. The number of aromatic nitrogens is 1. The fraction of sp³-hybridized carbons (Fsp3) is 0.516. The van der Waals surface area contributed by atoms with Crippen LogP contribution in [0.3, 0.4) is 0 Å². The van der Waals surface area contributed by atoms with Crippen LogP contribution in [0.1, 0.15) is 93.5 Å². The van der Waals surface area contributed by atoms with Gasteiger partial charge in [0.15, 0.2) is 0 Å². The van der Waals surface area contributed by atoms with Gasteiger partial charge in [-0.1, -0.05) is 63.5 Å². The van der Waals surface area contributed by atoms with Gasteiger partial charge in [0.25, 0.3) is 0 Å². The molecular weight excluding hydrogens is 446 g/mol. The van der Waals surface area contributed by atoms with Crippen molar-refractivity contribution in [1.82, 2.24) is 15.2 Å². The molecule has 2 fully saturated rings. The van der Waals surface area contributed by atoms with E-state index in [0.717, 1.165) is 69.0 Å². The lowest BCUT2D eigenvalue weighted by atomic mass is 9.83. The van der Waals surface area contributed by atoms with E-state index in [0.29, 0.717) is 0 Å². The predicted octanol–water partition coefficient (Wildman–Crippen LogP) is 5.84. The molecule has 2 amide bonds. The Hall–Kier alpha value is -2.95.